The Bertz CT molecular complexity index is 1260. The summed E-state index contributed by atoms with van der Waals surface area (Å²) in [5.74, 6) is -0.340. The smallest absolute Gasteiger partial charge is 0.161 e. The van der Waals surface area contributed by atoms with Gasteiger partial charge in [0, 0.05) is 82.6 Å². The summed E-state index contributed by atoms with van der Waals surface area (Å²) in [5.41, 5.74) is 8.60. The van der Waals surface area contributed by atoms with E-state index in [0.29, 0.717) is 25.7 Å². The summed E-state index contributed by atoms with van der Waals surface area (Å²) in [6.45, 7) is 0. The molecule has 4 aliphatic carbocycles. The van der Waals surface area contributed by atoms with Crippen molar-refractivity contribution in [1.82, 2.24) is 10.6 Å². The van der Waals surface area contributed by atoms with E-state index in [1.807, 2.05) is 18.2 Å². The molecule has 0 aromatic heterocycles. The molecule has 1 aromatic carbocycles. The normalized spacial score (nSPS) is 24.6. The number of benzene rings is 1. The van der Waals surface area contributed by atoms with Crippen LogP contribution in [0, 0.1) is 0 Å². The van der Waals surface area contributed by atoms with Crippen LogP contribution in [0.25, 0.3) is 0 Å². The first kappa shape index (κ1) is 23.6. The zero-order chi connectivity index (χ0) is 26.0. The lowest BCUT2D eigenvalue weighted by atomic mass is 9.69. The molecule has 0 saturated carbocycles. The number of nitrogens with one attached hydrogen (secondary N) is 2. The molecule has 0 unspecified atom stereocenters. The van der Waals surface area contributed by atoms with Gasteiger partial charge in [-0.1, -0.05) is 24.3 Å². The highest BCUT2D eigenvalue weighted by Crippen LogP contribution is 2.48. The number of allylic oxidation sites excluding steroid dienone is 8. The minimum absolute atomic E-state index is 0.112. The summed E-state index contributed by atoms with van der Waals surface area (Å²) in [7, 11) is 0. The number of hydrogen-bond acceptors (Lipinski definition) is 6. The molecule has 0 atom stereocenters. The maximum Gasteiger partial charge on any atom is 0.161 e. The molecule has 0 spiro atoms. The van der Waals surface area contributed by atoms with Crippen LogP contribution in [-0.4, -0.2) is 23.1 Å². The highest BCUT2D eigenvalue weighted by atomic mass is 16.1. The molecule has 0 saturated heterocycles. The van der Waals surface area contributed by atoms with Crippen LogP contribution in [-0.2, 0) is 19.2 Å². The average Bonchev–Trinajstić information content (AvgIpc) is 2.92. The Balaban J connectivity index is 1.40. The van der Waals surface area contributed by atoms with Crippen molar-refractivity contribution < 1.29 is 19.2 Å². The van der Waals surface area contributed by atoms with Gasteiger partial charge < -0.3 is 10.6 Å². The first-order valence-electron chi connectivity index (χ1n) is 14.2. The predicted molar refractivity (Wildman–Crippen MR) is 142 cm³/mol. The van der Waals surface area contributed by atoms with Crippen LogP contribution < -0.4 is 10.6 Å². The zero-order valence-corrected chi connectivity index (χ0v) is 21.6. The van der Waals surface area contributed by atoms with Crippen molar-refractivity contribution >= 4 is 23.1 Å². The molecule has 2 aliphatic heterocycles. The number of ketones is 4. The van der Waals surface area contributed by atoms with Crippen LogP contribution in [0.15, 0.2) is 69.3 Å². The van der Waals surface area contributed by atoms with Crippen molar-refractivity contribution in [3.63, 3.8) is 0 Å². The number of hydrogen-bond donors (Lipinski definition) is 2. The lowest BCUT2D eigenvalue weighted by molar-refractivity contribution is -0.118. The van der Waals surface area contributed by atoms with Crippen molar-refractivity contribution in [2.45, 2.75) is 88.9 Å². The quantitative estimate of drug-likeness (QED) is 0.578. The Kier molecular flexibility index (Phi) is 5.60. The van der Waals surface area contributed by atoms with E-state index in [9.17, 15) is 19.2 Å². The second-order valence-corrected chi connectivity index (χ2v) is 11.5. The highest BCUT2D eigenvalue weighted by Gasteiger charge is 2.43. The molecule has 7 rings (SSSR count). The van der Waals surface area contributed by atoms with Gasteiger partial charge in [-0.05, 0) is 62.5 Å². The molecule has 6 aliphatic rings. The number of Topliss-reactive ketones (excluding diaryl/α,β-unsaturated/α-hetero) is 4. The van der Waals surface area contributed by atoms with Crippen molar-refractivity contribution in [3.8, 4) is 0 Å². The molecule has 0 radical (unpaired) electrons. The van der Waals surface area contributed by atoms with Crippen molar-refractivity contribution in [2.24, 2.45) is 0 Å². The fourth-order valence-electron chi connectivity index (χ4n) is 7.55. The lowest BCUT2D eigenvalue weighted by Crippen LogP contribution is -2.37. The van der Waals surface area contributed by atoms with Crippen LogP contribution in [0.2, 0.25) is 0 Å². The fourth-order valence-corrected chi connectivity index (χ4v) is 7.55. The number of carbonyl (C=O) groups is 4. The summed E-state index contributed by atoms with van der Waals surface area (Å²) in [6, 6.07) is 8.06. The van der Waals surface area contributed by atoms with Gasteiger partial charge in [0.1, 0.15) is 0 Å². The topological polar surface area (TPSA) is 92.3 Å². The third-order valence-electron chi connectivity index (χ3n) is 9.16. The van der Waals surface area contributed by atoms with Crippen molar-refractivity contribution in [3.05, 3.63) is 80.5 Å². The molecule has 194 valence electrons. The number of rotatable bonds is 2. The maximum atomic E-state index is 13.3. The van der Waals surface area contributed by atoms with E-state index in [-0.39, 0.29) is 23.1 Å². The van der Waals surface area contributed by atoms with Crippen LogP contribution >= 0.6 is 0 Å². The third-order valence-corrected chi connectivity index (χ3v) is 9.16. The summed E-state index contributed by atoms with van der Waals surface area (Å²) >= 11 is 0. The molecule has 38 heavy (non-hydrogen) atoms. The number of dihydropyridines is 2. The molecule has 6 heteroatoms. The maximum absolute atomic E-state index is 13.3. The van der Waals surface area contributed by atoms with E-state index in [0.717, 1.165) is 108 Å². The SMILES string of the molecule is O=C1CCCC2=C1C(c1cccc(C3C4=C(CCCC4=O)NC4=C3C(=O)CCC4)c1)C1=C(CCCC1=O)N2. The summed E-state index contributed by atoms with van der Waals surface area (Å²) in [6.07, 6.45) is 8.52. The molecular formula is C32H32N2O4. The minimum atomic E-state index is -0.394. The number of carbonyl (C=O) groups excluding carboxylic acids is 4. The Hall–Kier alpha value is -3.54. The Labute approximate surface area is 222 Å². The van der Waals surface area contributed by atoms with Crippen LogP contribution in [0.3, 0.4) is 0 Å². The molecular weight excluding hydrogens is 476 g/mol. The zero-order valence-electron chi connectivity index (χ0n) is 21.6. The fraction of sp³-hybridized carbons (Fsp3) is 0.438. The van der Waals surface area contributed by atoms with Gasteiger partial charge in [-0.3, -0.25) is 19.2 Å². The Morgan fingerprint density at radius 2 is 0.789 bits per heavy atom. The summed E-state index contributed by atoms with van der Waals surface area (Å²) < 4.78 is 0. The first-order chi connectivity index (χ1) is 18.5. The van der Waals surface area contributed by atoms with Crippen molar-refractivity contribution in [1.29, 1.82) is 0 Å². The van der Waals surface area contributed by atoms with Gasteiger partial charge in [0.05, 0.1) is 0 Å². The second-order valence-electron chi connectivity index (χ2n) is 11.5. The van der Waals surface area contributed by atoms with Gasteiger partial charge in [0.15, 0.2) is 23.1 Å². The van der Waals surface area contributed by atoms with Gasteiger partial charge in [-0.15, -0.1) is 0 Å². The van der Waals surface area contributed by atoms with Gasteiger partial charge in [0.2, 0.25) is 0 Å². The highest BCUT2D eigenvalue weighted by molar-refractivity contribution is 6.07. The second kappa shape index (κ2) is 9.04. The summed E-state index contributed by atoms with van der Waals surface area (Å²) in [4.78, 5) is 53.2. The van der Waals surface area contributed by atoms with Gasteiger partial charge >= 0.3 is 0 Å². The molecule has 1 aromatic rings. The first-order valence-corrected chi connectivity index (χ1v) is 14.2. The van der Waals surface area contributed by atoms with Gasteiger partial charge in [-0.2, -0.15) is 0 Å². The van der Waals surface area contributed by atoms with Gasteiger partial charge in [0.25, 0.3) is 0 Å². The standard InChI is InChI=1S/C32H32N2O4/c35-23-12-2-8-19-29(23)27(30-20(33-19)9-3-13-24(30)36)17-6-1-7-18(16-17)28-31-21(10-4-14-25(31)37)34-22-11-5-15-26(38)32(22)28/h1,6-7,16,27-28,33-34H,2-5,8-15H2. The van der Waals surface area contributed by atoms with E-state index in [1.165, 1.54) is 0 Å². The van der Waals surface area contributed by atoms with Crippen molar-refractivity contribution in [2.75, 3.05) is 0 Å². The monoisotopic (exact) mass is 508 g/mol. The molecule has 0 fully saturated rings. The lowest BCUT2D eigenvalue weighted by Gasteiger charge is -2.38. The molecule has 0 bridgehead atoms. The Morgan fingerprint density at radius 3 is 1.11 bits per heavy atom. The molecule has 0 amide bonds. The van der Waals surface area contributed by atoms with Crippen LogP contribution in [0.5, 0.6) is 0 Å². The molecule has 6 nitrogen and oxygen atoms in total. The van der Waals surface area contributed by atoms with E-state index >= 15 is 0 Å². The molecule has 2 heterocycles. The average molecular weight is 509 g/mol. The van der Waals surface area contributed by atoms with Gasteiger partial charge in [-0.25, -0.2) is 0 Å². The molecule has 2 N–H and O–H groups in total. The predicted octanol–water partition coefficient (Wildman–Crippen LogP) is 5.09. The third kappa shape index (κ3) is 3.60. The Morgan fingerprint density at radius 1 is 0.474 bits per heavy atom. The minimum Gasteiger partial charge on any atom is -0.362 e. The van der Waals surface area contributed by atoms with E-state index in [2.05, 4.69) is 16.7 Å². The van der Waals surface area contributed by atoms with E-state index < -0.39 is 11.8 Å². The van der Waals surface area contributed by atoms with Crippen LogP contribution in [0.1, 0.15) is 100 Å². The summed E-state index contributed by atoms with van der Waals surface area (Å²) in [5, 5.41) is 6.97. The van der Waals surface area contributed by atoms with E-state index in [4.69, 9.17) is 0 Å². The van der Waals surface area contributed by atoms with Crippen LogP contribution in [0.4, 0.5) is 0 Å². The largest absolute Gasteiger partial charge is 0.362 e. The van der Waals surface area contributed by atoms with E-state index in [1.54, 1.807) is 0 Å².